The number of aryl methyl sites for hydroxylation is 2. The van der Waals surface area contributed by atoms with E-state index in [0.29, 0.717) is 43.9 Å². The van der Waals surface area contributed by atoms with Crippen LogP contribution >= 0.6 is 0 Å². The van der Waals surface area contributed by atoms with Crippen LogP contribution in [0.4, 0.5) is 0 Å². The Balaban J connectivity index is 1.55. The summed E-state index contributed by atoms with van der Waals surface area (Å²) in [6.45, 7) is 3.56. The number of H-pyrrole nitrogens is 1. The number of carbonyl (C=O) groups is 1. The summed E-state index contributed by atoms with van der Waals surface area (Å²) >= 11 is 0. The highest BCUT2D eigenvalue weighted by molar-refractivity contribution is 5.76. The van der Waals surface area contributed by atoms with E-state index in [1.54, 1.807) is 12.1 Å². The second kappa shape index (κ2) is 7.90. The molecular formula is C18H21N5O2. The molecular weight excluding hydrogens is 318 g/mol. The van der Waals surface area contributed by atoms with Crippen molar-refractivity contribution in [1.29, 1.82) is 5.26 Å². The highest BCUT2D eigenvalue weighted by Crippen LogP contribution is 2.20. The Kier molecular flexibility index (Phi) is 5.41. The lowest BCUT2D eigenvalue weighted by molar-refractivity contribution is -0.139. The molecule has 1 unspecified atom stereocenters. The van der Waals surface area contributed by atoms with Crippen molar-refractivity contribution in [3.8, 4) is 6.07 Å². The van der Waals surface area contributed by atoms with Crippen LogP contribution in [0.15, 0.2) is 24.3 Å². The van der Waals surface area contributed by atoms with Crippen molar-refractivity contribution in [2.45, 2.75) is 32.3 Å². The number of hydrogen-bond donors (Lipinski definition) is 1. The Bertz CT molecular complexity index is 763. The number of nitrogens with zero attached hydrogens (tertiary/aromatic N) is 4. The highest BCUT2D eigenvalue weighted by Gasteiger charge is 2.27. The highest BCUT2D eigenvalue weighted by atomic mass is 16.5. The fourth-order valence-electron chi connectivity index (χ4n) is 2.80. The fourth-order valence-corrected chi connectivity index (χ4v) is 2.80. The number of nitriles is 1. The predicted octanol–water partition coefficient (Wildman–Crippen LogP) is 1.77. The van der Waals surface area contributed by atoms with Gasteiger partial charge in [0.1, 0.15) is 11.9 Å². The normalized spacial score (nSPS) is 17.3. The maximum Gasteiger partial charge on any atom is 0.223 e. The van der Waals surface area contributed by atoms with Crippen LogP contribution in [-0.2, 0) is 22.4 Å². The van der Waals surface area contributed by atoms with Crippen LogP contribution in [0, 0.1) is 11.3 Å². The number of hydrogen-bond acceptors (Lipinski definition) is 5. The third kappa shape index (κ3) is 4.22. The number of benzene rings is 1. The van der Waals surface area contributed by atoms with Crippen molar-refractivity contribution >= 4 is 5.91 Å². The monoisotopic (exact) mass is 339 g/mol. The lowest BCUT2D eigenvalue weighted by Crippen LogP contribution is -2.42. The van der Waals surface area contributed by atoms with E-state index < -0.39 is 0 Å². The molecule has 1 fully saturated rings. The molecule has 3 rings (SSSR count). The smallest absolute Gasteiger partial charge is 0.223 e. The summed E-state index contributed by atoms with van der Waals surface area (Å²) in [6, 6.07) is 9.44. The maximum atomic E-state index is 12.5. The summed E-state index contributed by atoms with van der Waals surface area (Å²) in [5.74, 6) is 1.54. The molecule has 130 valence electrons. The summed E-state index contributed by atoms with van der Waals surface area (Å²) in [6.07, 6.45) is 1.61. The number of ether oxygens (including phenoxy) is 1. The van der Waals surface area contributed by atoms with E-state index in [1.165, 1.54) is 0 Å². The van der Waals surface area contributed by atoms with Crippen LogP contribution in [0.5, 0.6) is 0 Å². The Morgan fingerprint density at radius 3 is 2.92 bits per heavy atom. The molecule has 0 bridgehead atoms. The molecule has 0 spiro atoms. The van der Waals surface area contributed by atoms with E-state index in [1.807, 2.05) is 24.0 Å². The summed E-state index contributed by atoms with van der Waals surface area (Å²) in [5.41, 5.74) is 1.68. The predicted molar refractivity (Wildman–Crippen MR) is 90.5 cm³/mol. The first-order valence-corrected chi connectivity index (χ1v) is 8.49. The van der Waals surface area contributed by atoms with Gasteiger partial charge in [-0.3, -0.25) is 9.89 Å². The molecule has 1 aliphatic rings. The number of rotatable bonds is 5. The van der Waals surface area contributed by atoms with Gasteiger partial charge in [-0.05, 0) is 24.1 Å². The number of amides is 1. The SMILES string of the molecule is CCc1nc(C2CN(C(=O)CCc3ccc(C#N)cc3)CCO2)n[nH]1. The minimum absolute atomic E-state index is 0.101. The van der Waals surface area contributed by atoms with Gasteiger partial charge in [0.05, 0.1) is 24.8 Å². The molecule has 2 aromatic rings. The van der Waals surface area contributed by atoms with Gasteiger partial charge in [-0.1, -0.05) is 19.1 Å². The molecule has 1 saturated heterocycles. The fraction of sp³-hybridized carbons (Fsp3) is 0.444. The molecule has 1 amide bonds. The van der Waals surface area contributed by atoms with E-state index in [4.69, 9.17) is 10.00 Å². The quantitative estimate of drug-likeness (QED) is 0.896. The van der Waals surface area contributed by atoms with Crippen LogP contribution in [0.25, 0.3) is 0 Å². The van der Waals surface area contributed by atoms with E-state index in [2.05, 4.69) is 21.3 Å². The largest absolute Gasteiger partial charge is 0.366 e. The zero-order valence-corrected chi connectivity index (χ0v) is 14.2. The third-order valence-corrected chi connectivity index (χ3v) is 4.30. The molecule has 1 aromatic heterocycles. The van der Waals surface area contributed by atoms with E-state index >= 15 is 0 Å². The second-order valence-electron chi connectivity index (χ2n) is 6.00. The number of carbonyl (C=O) groups excluding carboxylic acids is 1. The van der Waals surface area contributed by atoms with Gasteiger partial charge in [-0.2, -0.15) is 10.4 Å². The average molecular weight is 339 g/mol. The minimum atomic E-state index is -0.274. The molecule has 7 nitrogen and oxygen atoms in total. The van der Waals surface area contributed by atoms with Crippen molar-refractivity contribution in [3.63, 3.8) is 0 Å². The number of aromatic amines is 1. The zero-order valence-electron chi connectivity index (χ0n) is 14.2. The maximum absolute atomic E-state index is 12.5. The van der Waals surface area contributed by atoms with Gasteiger partial charge in [0, 0.05) is 19.4 Å². The van der Waals surface area contributed by atoms with Gasteiger partial charge in [-0.15, -0.1) is 0 Å². The van der Waals surface area contributed by atoms with Crippen LogP contribution in [0.2, 0.25) is 0 Å². The first-order chi connectivity index (χ1) is 12.2. The summed E-state index contributed by atoms with van der Waals surface area (Å²) < 4.78 is 5.72. The number of nitrogens with one attached hydrogen (secondary N) is 1. The lowest BCUT2D eigenvalue weighted by Gasteiger charge is -2.31. The van der Waals surface area contributed by atoms with Gasteiger partial charge in [0.15, 0.2) is 5.82 Å². The lowest BCUT2D eigenvalue weighted by atomic mass is 10.1. The summed E-state index contributed by atoms with van der Waals surface area (Å²) in [4.78, 5) is 18.7. The molecule has 1 N–H and O–H groups in total. The second-order valence-corrected chi connectivity index (χ2v) is 6.00. The summed E-state index contributed by atoms with van der Waals surface area (Å²) in [5, 5.41) is 15.9. The van der Waals surface area contributed by atoms with Crippen LogP contribution < -0.4 is 0 Å². The minimum Gasteiger partial charge on any atom is -0.366 e. The number of aromatic nitrogens is 3. The van der Waals surface area contributed by atoms with Crippen molar-refractivity contribution < 1.29 is 9.53 Å². The molecule has 7 heteroatoms. The van der Waals surface area contributed by atoms with Crippen molar-refractivity contribution in [3.05, 3.63) is 47.0 Å². The topological polar surface area (TPSA) is 94.9 Å². The van der Waals surface area contributed by atoms with Crippen molar-refractivity contribution in [1.82, 2.24) is 20.1 Å². The Morgan fingerprint density at radius 1 is 1.44 bits per heavy atom. The van der Waals surface area contributed by atoms with E-state index in [9.17, 15) is 4.79 Å². The standard InChI is InChI=1S/C18H21N5O2/c1-2-16-20-18(22-21-16)15-12-23(9-10-25-15)17(24)8-7-13-3-5-14(11-19)6-4-13/h3-6,15H,2,7-10,12H2,1H3,(H,20,21,22). The van der Waals surface area contributed by atoms with Gasteiger partial charge < -0.3 is 9.64 Å². The molecule has 1 aliphatic heterocycles. The van der Waals surface area contributed by atoms with Gasteiger partial charge in [0.25, 0.3) is 0 Å². The molecule has 1 atom stereocenters. The first kappa shape index (κ1) is 17.1. The Hall–Kier alpha value is -2.72. The van der Waals surface area contributed by atoms with E-state index in [0.717, 1.165) is 17.8 Å². The van der Waals surface area contributed by atoms with Crippen LogP contribution in [0.3, 0.4) is 0 Å². The average Bonchev–Trinajstić information content (AvgIpc) is 3.16. The van der Waals surface area contributed by atoms with Crippen molar-refractivity contribution in [2.24, 2.45) is 0 Å². The first-order valence-electron chi connectivity index (χ1n) is 8.49. The van der Waals surface area contributed by atoms with Crippen molar-refractivity contribution in [2.75, 3.05) is 19.7 Å². The zero-order chi connectivity index (χ0) is 17.6. The molecule has 0 radical (unpaired) electrons. The molecule has 0 saturated carbocycles. The van der Waals surface area contributed by atoms with Crippen LogP contribution in [-0.4, -0.2) is 45.7 Å². The van der Waals surface area contributed by atoms with Crippen LogP contribution in [0.1, 0.15) is 42.2 Å². The Morgan fingerprint density at radius 2 is 2.24 bits per heavy atom. The van der Waals surface area contributed by atoms with Gasteiger partial charge >= 0.3 is 0 Å². The molecule has 2 heterocycles. The molecule has 1 aromatic carbocycles. The van der Waals surface area contributed by atoms with Gasteiger partial charge in [-0.25, -0.2) is 4.98 Å². The van der Waals surface area contributed by atoms with Gasteiger partial charge in [0.2, 0.25) is 5.91 Å². The Labute approximate surface area is 146 Å². The number of morpholine rings is 1. The molecule has 0 aliphatic carbocycles. The summed E-state index contributed by atoms with van der Waals surface area (Å²) in [7, 11) is 0. The van der Waals surface area contributed by atoms with E-state index in [-0.39, 0.29) is 12.0 Å². The molecule has 25 heavy (non-hydrogen) atoms. The third-order valence-electron chi connectivity index (χ3n) is 4.30.